The Bertz CT molecular complexity index is 646. The number of rotatable bonds is 4. The van der Waals surface area contributed by atoms with E-state index in [1.807, 2.05) is 18.2 Å². The average Bonchev–Trinajstić information content (AvgIpc) is 2.45. The number of halogens is 1. The first kappa shape index (κ1) is 14.1. The van der Waals surface area contributed by atoms with Gasteiger partial charge in [-0.1, -0.05) is 23.7 Å². The summed E-state index contributed by atoms with van der Waals surface area (Å²) in [4.78, 5) is 12.4. The summed E-state index contributed by atoms with van der Waals surface area (Å²) in [6, 6.07) is 12.1. The van der Waals surface area contributed by atoms with Crippen LogP contribution in [0.15, 0.2) is 42.5 Å². The SMILES string of the molecule is COc1cccc(N(C)c2cccc(Cl)c2[N+](=O)[O-])c1. The van der Waals surface area contributed by atoms with Gasteiger partial charge in [-0.3, -0.25) is 10.1 Å². The second kappa shape index (κ2) is 5.79. The lowest BCUT2D eigenvalue weighted by Gasteiger charge is -2.20. The van der Waals surface area contributed by atoms with Crippen molar-refractivity contribution in [2.75, 3.05) is 19.1 Å². The van der Waals surface area contributed by atoms with Crippen LogP contribution in [-0.2, 0) is 0 Å². The summed E-state index contributed by atoms with van der Waals surface area (Å²) in [5, 5.41) is 11.3. The molecule has 5 nitrogen and oxygen atoms in total. The van der Waals surface area contributed by atoms with Crippen molar-refractivity contribution in [1.29, 1.82) is 0 Å². The molecular formula is C14H13ClN2O3. The van der Waals surface area contributed by atoms with E-state index in [1.54, 1.807) is 37.3 Å². The molecule has 0 amide bonds. The van der Waals surface area contributed by atoms with E-state index in [2.05, 4.69) is 0 Å². The average molecular weight is 293 g/mol. The van der Waals surface area contributed by atoms with Gasteiger partial charge in [0.1, 0.15) is 16.5 Å². The van der Waals surface area contributed by atoms with Crippen molar-refractivity contribution in [3.05, 3.63) is 57.6 Å². The smallest absolute Gasteiger partial charge is 0.311 e. The maximum atomic E-state index is 11.2. The highest BCUT2D eigenvalue weighted by Crippen LogP contribution is 2.38. The van der Waals surface area contributed by atoms with E-state index in [-0.39, 0.29) is 10.7 Å². The van der Waals surface area contributed by atoms with E-state index in [0.717, 1.165) is 5.69 Å². The van der Waals surface area contributed by atoms with E-state index in [0.29, 0.717) is 11.4 Å². The van der Waals surface area contributed by atoms with Crippen LogP contribution in [0.2, 0.25) is 5.02 Å². The third-order valence-corrected chi connectivity index (χ3v) is 3.26. The fraction of sp³-hybridized carbons (Fsp3) is 0.143. The first-order valence-corrected chi connectivity index (χ1v) is 6.23. The molecule has 0 spiro atoms. The first-order chi connectivity index (χ1) is 9.54. The Hall–Kier alpha value is -2.27. The molecule has 0 N–H and O–H groups in total. The van der Waals surface area contributed by atoms with Crippen LogP contribution in [0.3, 0.4) is 0 Å². The number of benzene rings is 2. The molecule has 0 radical (unpaired) electrons. The topological polar surface area (TPSA) is 55.6 Å². The number of hydrogen-bond acceptors (Lipinski definition) is 4. The van der Waals surface area contributed by atoms with E-state index in [1.165, 1.54) is 6.07 Å². The number of nitrogens with zero attached hydrogens (tertiary/aromatic N) is 2. The molecule has 0 unspecified atom stereocenters. The minimum Gasteiger partial charge on any atom is -0.497 e. The Morgan fingerprint density at radius 2 is 1.95 bits per heavy atom. The minimum atomic E-state index is -0.478. The summed E-state index contributed by atoms with van der Waals surface area (Å²) < 4.78 is 5.16. The van der Waals surface area contributed by atoms with Crippen LogP contribution in [0.1, 0.15) is 0 Å². The summed E-state index contributed by atoms with van der Waals surface area (Å²) in [5.74, 6) is 0.680. The lowest BCUT2D eigenvalue weighted by Crippen LogP contribution is -2.11. The van der Waals surface area contributed by atoms with Crippen LogP contribution in [0.4, 0.5) is 17.1 Å². The molecule has 0 atom stereocenters. The number of nitro groups is 1. The van der Waals surface area contributed by atoms with Crippen molar-refractivity contribution in [2.45, 2.75) is 0 Å². The molecule has 6 heteroatoms. The molecule has 0 bridgehead atoms. The van der Waals surface area contributed by atoms with Gasteiger partial charge < -0.3 is 9.64 Å². The third kappa shape index (κ3) is 2.67. The van der Waals surface area contributed by atoms with Gasteiger partial charge in [0.25, 0.3) is 0 Å². The number of hydrogen-bond donors (Lipinski definition) is 0. The molecule has 0 saturated carbocycles. The van der Waals surface area contributed by atoms with Crippen molar-refractivity contribution < 1.29 is 9.66 Å². The van der Waals surface area contributed by atoms with Crippen molar-refractivity contribution in [1.82, 2.24) is 0 Å². The number of methoxy groups -OCH3 is 1. The standard InChI is InChI=1S/C14H13ClN2O3/c1-16(10-5-3-6-11(9-10)20-2)13-8-4-7-12(15)14(13)17(18)19/h3-9H,1-2H3. The van der Waals surface area contributed by atoms with Gasteiger partial charge in [0.05, 0.1) is 12.0 Å². The van der Waals surface area contributed by atoms with E-state index >= 15 is 0 Å². The molecule has 2 aromatic carbocycles. The fourth-order valence-corrected chi connectivity index (χ4v) is 2.15. The van der Waals surface area contributed by atoms with Gasteiger partial charge in [-0.05, 0) is 24.3 Å². The van der Waals surface area contributed by atoms with Gasteiger partial charge in [0, 0.05) is 18.8 Å². The Kier molecular flexibility index (Phi) is 4.10. The van der Waals surface area contributed by atoms with Crippen LogP contribution < -0.4 is 9.64 Å². The van der Waals surface area contributed by atoms with E-state index in [4.69, 9.17) is 16.3 Å². The van der Waals surface area contributed by atoms with E-state index in [9.17, 15) is 10.1 Å². The van der Waals surface area contributed by atoms with Gasteiger partial charge in [-0.2, -0.15) is 0 Å². The Morgan fingerprint density at radius 1 is 1.25 bits per heavy atom. The van der Waals surface area contributed by atoms with Crippen LogP contribution in [0.5, 0.6) is 5.75 Å². The number of ether oxygens (including phenoxy) is 1. The Labute approximate surface area is 121 Å². The van der Waals surface area contributed by atoms with Crippen molar-refractivity contribution in [2.24, 2.45) is 0 Å². The zero-order valence-electron chi connectivity index (χ0n) is 11.0. The summed E-state index contributed by atoms with van der Waals surface area (Å²) in [6.07, 6.45) is 0. The molecule has 0 aliphatic heterocycles. The van der Waals surface area contributed by atoms with Gasteiger partial charge >= 0.3 is 5.69 Å². The van der Waals surface area contributed by atoms with Crippen LogP contribution in [0.25, 0.3) is 0 Å². The van der Waals surface area contributed by atoms with Crippen molar-refractivity contribution >= 4 is 28.7 Å². The quantitative estimate of drug-likeness (QED) is 0.631. The van der Waals surface area contributed by atoms with E-state index < -0.39 is 4.92 Å². The highest BCUT2D eigenvalue weighted by atomic mass is 35.5. The van der Waals surface area contributed by atoms with Crippen molar-refractivity contribution in [3.63, 3.8) is 0 Å². The van der Waals surface area contributed by atoms with Crippen LogP contribution >= 0.6 is 11.6 Å². The van der Waals surface area contributed by atoms with Crippen LogP contribution in [0, 0.1) is 10.1 Å². The molecule has 2 rings (SSSR count). The third-order valence-electron chi connectivity index (χ3n) is 2.95. The number of anilines is 2. The molecule has 0 aromatic heterocycles. The molecule has 0 saturated heterocycles. The predicted octanol–water partition coefficient (Wildman–Crippen LogP) is 4.02. The van der Waals surface area contributed by atoms with Crippen molar-refractivity contribution in [3.8, 4) is 5.75 Å². The van der Waals surface area contributed by atoms with Gasteiger partial charge in [-0.25, -0.2) is 0 Å². The largest absolute Gasteiger partial charge is 0.497 e. The molecule has 104 valence electrons. The monoisotopic (exact) mass is 292 g/mol. The molecule has 0 heterocycles. The second-order valence-corrected chi connectivity index (χ2v) is 4.53. The Morgan fingerprint density at radius 3 is 2.60 bits per heavy atom. The second-order valence-electron chi connectivity index (χ2n) is 4.13. The zero-order chi connectivity index (χ0) is 14.7. The van der Waals surface area contributed by atoms with Gasteiger partial charge in [0.2, 0.25) is 0 Å². The summed E-state index contributed by atoms with van der Waals surface area (Å²) >= 11 is 5.92. The lowest BCUT2D eigenvalue weighted by molar-refractivity contribution is -0.383. The molecule has 0 fully saturated rings. The molecule has 2 aromatic rings. The number of nitro benzene ring substituents is 1. The minimum absolute atomic E-state index is 0.112. The van der Waals surface area contributed by atoms with Crippen LogP contribution in [-0.4, -0.2) is 19.1 Å². The highest BCUT2D eigenvalue weighted by molar-refractivity contribution is 6.33. The van der Waals surface area contributed by atoms with Gasteiger partial charge in [-0.15, -0.1) is 0 Å². The Balaban J connectivity index is 2.50. The molecule has 0 aliphatic carbocycles. The fourth-order valence-electron chi connectivity index (χ4n) is 1.91. The maximum Gasteiger partial charge on any atom is 0.311 e. The molecule has 20 heavy (non-hydrogen) atoms. The maximum absolute atomic E-state index is 11.2. The highest BCUT2D eigenvalue weighted by Gasteiger charge is 2.21. The summed E-state index contributed by atoms with van der Waals surface area (Å²) in [7, 11) is 3.31. The summed E-state index contributed by atoms with van der Waals surface area (Å²) in [6.45, 7) is 0. The zero-order valence-corrected chi connectivity index (χ0v) is 11.8. The normalized spacial score (nSPS) is 10.2. The van der Waals surface area contributed by atoms with Gasteiger partial charge in [0.15, 0.2) is 0 Å². The first-order valence-electron chi connectivity index (χ1n) is 5.85. The lowest BCUT2D eigenvalue weighted by atomic mass is 10.2. The molecule has 0 aliphatic rings. The summed E-state index contributed by atoms with van der Waals surface area (Å²) in [5.41, 5.74) is 1.09. The predicted molar refractivity (Wildman–Crippen MR) is 79.2 cm³/mol. The number of para-hydroxylation sites is 1. The molecular weight excluding hydrogens is 280 g/mol.